The first kappa shape index (κ1) is 19.0. The van der Waals surface area contributed by atoms with Gasteiger partial charge in [0.05, 0.1) is 6.61 Å². The molecule has 0 saturated heterocycles. The zero-order valence-electron chi connectivity index (χ0n) is 14.2. The molecule has 0 saturated carbocycles. The van der Waals surface area contributed by atoms with Crippen LogP contribution in [-0.4, -0.2) is 19.3 Å². The SMILES string of the molecule is CCCc1ccc(OC(F)(F)COc2ccc(OCC)c(F)c2)cc1. The zero-order valence-corrected chi connectivity index (χ0v) is 14.2. The van der Waals surface area contributed by atoms with Crippen LogP contribution < -0.4 is 14.2 Å². The minimum Gasteiger partial charge on any atom is -0.491 e. The molecule has 136 valence electrons. The largest absolute Gasteiger partial charge is 0.491 e. The summed E-state index contributed by atoms with van der Waals surface area (Å²) in [5.41, 5.74) is 1.05. The van der Waals surface area contributed by atoms with Gasteiger partial charge >= 0.3 is 6.11 Å². The average Bonchev–Trinajstić information content (AvgIpc) is 2.57. The van der Waals surface area contributed by atoms with Gasteiger partial charge in [0.25, 0.3) is 0 Å². The van der Waals surface area contributed by atoms with Crippen LogP contribution in [0.15, 0.2) is 42.5 Å². The van der Waals surface area contributed by atoms with Crippen LogP contribution >= 0.6 is 0 Å². The molecule has 0 fully saturated rings. The number of hydrogen-bond donors (Lipinski definition) is 0. The fourth-order valence-corrected chi connectivity index (χ4v) is 2.23. The van der Waals surface area contributed by atoms with Crippen LogP contribution in [0.5, 0.6) is 17.2 Å². The van der Waals surface area contributed by atoms with Crippen molar-refractivity contribution in [2.24, 2.45) is 0 Å². The topological polar surface area (TPSA) is 27.7 Å². The highest BCUT2D eigenvalue weighted by molar-refractivity contribution is 5.33. The van der Waals surface area contributed by atoms with Gasteiger partial charge in [-0.15, -0.1) is 0 Å². The first-order valence-electron chi connectivity index (χ1n) is 8.14. The Bertz CT molecular complexity index is 672. The van der Waals surface area contributed by atoms with Crippen molar-refractivity contribution in [1.29, 1.82) is 0 Å². The molecule has 2 aromatic rings. The van der Waals surface area contributed by atoms with E-state index in [-0.39, 0.29) is 17.2 Å². The lowest BCUT2D eigenvalue weighted by molar-refractivity contribution is -0.195. The van der Waals surface area contributed by atoms with Gasteiger partial charge in [0.1, 0.15) is 11.5 Å². The Kier molecular flexibility index (Phi) is 6.56. The van der Waals surface area contributed by atoms with E-state index < -0.39 is 18.5 Å². The Hall–Kier alpha value is -2.37. The number of rotatable bonds is 9. The summed E-state index contributed by atoms with van der Waals surface area (Å²) in [6.07, 6.45) is -1.69. The van der Waals surface area contributed by atoms with Crippen LogP contribution in [-0.2, 0) is 6.42 Å². The lowest BCUT2D eigenvalue weighted by Crippen LogP contribution is -2.32. The summed E-state index contributed by atoms with van der Waals surface area (Å²) in [6.45, 7) is 3.04. The molecule has 0 aliphatic carbocycles. The van der Waals surface area contributed by atoms with Gasteiger partial charge < -0.3 is 14.2 Å². The minimum absolute atomic E-state index is 0.0254. The minimum atomic E-state index is -3.54. The highest BCUT2D eigenvalue weighted by atomic mass is 19.3. The van der Waals surface area contributed by atoms with Crippen molar-refractivity contribution in [1.82, 2.24) is 0 Å². The second-order valence-electron chi connectivity index (χ2n) is 5.45. The number of benzene rings is 2. The van der Waals surface area contributed by atoms with E-state index in [4.69, 9.17) is 9.47 Å². The monoisotopic (exact) mass is 354 g/mol. The summed E-state index contributed by atoms with van der Waals surface area (Å²) >= 11 is 0. The molecular weight excluding hydrogens is 333 g/mol. The molecule has 6 heteroatoms. The van der Waals surface area contributed by atoms with E-state index in [2.05, 4.69) is 4.74 Å². The summed E-state index contributed by atoms with van der Waals surface area (Å²) in [5, 5.41) is 0. The fourth-order valence-electron chi connectivity index (χ4n) is 2.23. The van der Waals surface area contributed by atoms with Gasteiger partial charge in [-0.1, -0.05) is 25.5 Å². The third kappa shape index (κ3) is 5.89. The Morgan fingerprint density at radius 3 is 2.20 bits per heavy atom. The number of aryl methyl sites for hydroxylation is 1. The summed E-state index contributed by atoms with van der Waals surface area (Å²) in [6, 6.07) is 10.2. The Morgan fingerprint density at radius 2 is 1.60 bits per heavy atom. The van der Waals surface area contributed by atoms with E-state index in [0.717, 1.165) is 24.5 Å². The smallest absolute Gasteiger partial charge is 0.432 e. The summed E-state index contributed by atoms with van der Waals surface area (Å²) in [7, 11) is 0. The quantitative estimate of drug-likeness (QED) is 0.617. The van der Waals surface area contributed by atoms with Crippen molar-refractivity contribution in [3.8, 4) is 17.2 Å². The van der Waals surface area contributed by atoms with E-state index >= 15 is 0 Å². The van der Waals surface area contributed by atoms with Crippen molar-refractivity contribution in [3.63, 3.8) is 0 Å². The summed E-state index contributed by atoms with van der Waals surface area (Å²) < 4.78 is 56.1. The van der Waals surface area contributed by atoms with E-state index in [0.29, 0.717) is 6.61 Å². The predicted molar refractivity (Wildman–Crippen MR) is 89.1 cm³/mol. The summed E-state index contributed by atoms with van der Waals surface area (Å²) in [4.78, 5) is 0. The maximum atomic E-state index is 13.9. The first-order chi connectivity index (χ1) is 11.9. The average molecular weight is 354 g/mol. The van der Waals surface area contributed by atoms with Crippen LogP contribution in [0.3, 0.4) is 0 Å². The maximum Gasteiger partial charge on any atom is 0.432 e. The van der Waals surface area contributed by atoms with Gasteiger partial charge in [-0.3, -0.25) is 0 Å². The third-order valence-corrected chi connectivity index (χ3v) is 3.34. The lowest BCUT2D eigenvalue weighted by Gasteiger charge is -2.19. The van der Waals surface area contributed by atoms with Crippen molar-refractivity contribution in [2.75, 3.05) is 13.2 Å². The number of ether oxygens (including phenoxy) is 3. The standard InChI is InChI=1S/C19H21F3O3/c1-3-5-14-6-8-15(9-7-14)25-19(21,22)13-24-16-10-11-18(23-4-2)17(20)12-16/h6-12H,3-5,13H2,1-2H3. The molecule has 25 heavy (non-hydrogen) atoms. The van der Waals surface area contributed by atoms with Gasteiger partial charge in [0.15, 0.2) is 18.2 Å². The van der Waals surface area contributed by atoms with Gasteiger partial charge in [-0.05, 0) is 43.2 Å². The van der Waals surface area contributed by atoms with Crippen molar-refractivity contribution < 1.29 is 27.4 Å². The normalized spacial score (nSPS) is 11.2. The Morgan fingerprint density at radius 1 is 0.920 bits per heavy atom. The highest BCUT2D eigenvalue weighted by Gasteiger charge is 2.33. The number of alkyl halides is 2. The van der Waals surface area contributed by atoms with Gasteiger partial charge in [-0.25, -0.2) is 4.39 Å². The summed E-state index contributed by atoms with van der Waals surface area (Å²) in [5.74, 6) is -0.603. The molecule has 2 rings (SSSR count). The Balaban J connectivity index is 1.93. The van der Waals surface area contributed by atoms with Crippen molar-refractivity contribution in [2.45, 2.75) is 32.8 Å². The second-order valence-corrected chi connectivity index (χ2v) is 5.45. The van der Waals surface area contributed by atoms with Crippen LogP contribution in [0.2, 0.25) is 0 Å². The molecule has 0 heterocycles. The van der Waals surface area contributed by atoms with Crippen LogP contribution in [0.1, 0.15) is 25.8 Å². The molecule has 0 bridgehead atoms. The second kappa shape index (κ2) is 8.65. The molecule has 0 radical (unpaired) electrons. The molecule has 0 aliphatic heterocycles. The van der Waals surface area contributed by atoms with Crippen LogP contribution in [0, 0.1) is 5.82 Å². The number of halogens is 3. The molecular formula is C19H21F3O3. The molecule has 0 amide bonds. The van der Waals surface area contributed by atoms with Gasteiger partial charge in [0.2, 0.25) is 0 Å². The van der Waals surface area contributed by atoms with E-state index in [1.54, 1.807) is 19.1 Å². The molecule has 0 unspecified atom stereocenters. The van der Waals surface area contributed by atoms with E-state index in [1.807, 2.05) is 6.92 Å². The molecule has 0 N–H and O–H groups in total. The lowest BCUT2D eigenvalue weighted by atomic mass is 10.1. The Labute approximate surface area is 145 Å². The fraction of sp³-hybridized carbons (Fsp3) is 0.368. The molecule has 3 nitrogen and oxygen atoms in total. The van der Waals surface area contributed by atoms with Gasteiger partial charge in [0, 0.05) is 6.07 Å². The molecule has 0 aromatic heterocycles. The predicted octanol–water partition coefficient (Wildman–Crippen LogP) is 5.23. The van der Waals surface area contributed by atoms with E-state index in [1.165, 1.54) is 24.3 Å². The van der Waals surface area contributed by atoms with Crippen molar-refractivity contribution >= 4 is 0 Å². The van der Waals surface area contributed by atoms with Crippen molar-refractivity contribution in [3.05, 3.63) is 53.8 Å². The number of hydrogen-bond acceptors (Lipinski definition) is 3. The highest BCUT2D eigenvalue weighted by Crippen LogP contribution is 2.26. The maximum absolute atomic E-state index is 13.9. The molecule has 2 aromatic carbocycles. The van der Waals surface area contributed by atoms with E-state index in [9.17, 15) is 13.2 Å². The zero-order chi connectivity index (χ0) is 18.3. The van der Waals surface area contributed by atoms with Crippen LogP contribution in [0.25, 0.3) is 0 Å². The molecule has 0 aliphatic rings. The molecule has 0 atom stereocenters. The van der Waals surface area contributed by atoms with Gasteiger partial charge in [-0.2, -0.15) is 8.78 Å². The van der Waals surface area contributed by atoms with Crippen LogP contribution in [0.4, 0.5) is 13.2 Å². The third-order valence-electron chi connectivity index (χ3n) is 3.34. The first-order valence-corrected chi connectivity index (χ1v) is 8.14. The molecule has 0 spiro atoms.